The van der Waals surface area contributed by atoms with Crippen molar-refractivity contribution >= 4 is 16.7 Å². The van der Waals surface area contributed by atoms with Crippen LogP contribution in [0.5, 0.6) is 0 Å². The fourth-order valence-corrected chi connectivity index (χ4v) is 2.20. The second-order valence-corrected chi connectivity index (χ2v) is 4.82. The molecule has 4 nitrogen and oxygen atoms in total. The van der Waals surface area contributed by atoms with Crippen LogP contribution >= 0.6 is 0 Å². The maximum absolute atomic E-state index is 5.84. The van der Waals surface area contributed by atoms with Gasteiger partial charge in [0.25, 0.3) is 0 Å². The van der Waals surface area contributed by atoms with Gasteiger partial charge in [-0.15, -0.1) is 0 Å². The van der Waals surface area contributed by atoms with E-state index >= 15 is 0 Å². The molecule has 0 unspecified atom stereocenters. The van der Waals surface area contributed by atoms with Gasteiger partial charge in [0.15, 0.2) is 5.82 Å². The summed E-state index contributed by atoms with van der Waals surface area (Å²) < 4.78 is 0. The molecule has 2 heterocycles. The van der Waals surface area contributed by atoms with Crippen molar-refractivity contribution in [3.63, 3.8) is 0 Å². The van der Waals surface area contributed by atoms with E-state index in [0.717, 1.165) is 34.3 Å². The minimum atomic E-state index is 0.508. The van der Waals surface area contributed by atoms with Crippen LogP contribution < -0.4 is 5.73 Å². The van der Waals surface area contributed by atoms with Crippen LogP contribution in [0.2, 0.25) is 0 Å². The molecule has 4 heteroatoms. The van der Waals surface area contributed by atoms with E-state index in [-0.39, 0.29) is 0 Å². The summed E-state index contributed by atoms with van der Waals surface area (Å²) in [6.45, 7) is 4.04. The lowest BCUT2D eigenvalue weighted by Crippen LogP contribution is -1.99. The zero-order valence-electron chi connectivity index (χ0n) is 11.6. The van der Waals surface area contributed by atoms with Crippen molar-refractivity contribution in [2.75, 3.05) is 5.73 Å². The minimum Gasteiger partial charge on any atom is -0.384 e. The van der Waals surface area contributed by atoms with Crippen molar-refractivity contribution in [2.24, 2.45) is 0 Å². The fraction of sp³-hybridized carbons (Fsp3) is 0.188. The minimum absolute atomic E-state index is 0.508. The number of nitrogen functional groups attached to an aromatic ring is 1. The van der Waals surface area contributed by atoms with Gasteiger partial charge in [-0.05, 0) is 37.6 Å². The van der Waals surface area contributed by atoms with Gasteiger partial charge < -0.3 is 5.73 Å². The molecule has 3 aromatic rings. The molecular weight excluding hydrogens is 248 g/mol. The predicted octanol–water partition coefficient (Wildman–Crippen LogP) is 3.14. The number of nitrogens with two attached hydrogens (primary N) is 1. The lowest BCUT2D eigenvalue weighted by molar-refractivity contribution is 1.01. The van der Waals surface area contributed by atoms with Gasteiger partial charge in [0, 0.05) is 28.4 Å². The van der Waals surface area contributed by atoms with Crippen LogP contribution in [0.4, 0.5) is 5.82 Å². The first-order chi connectivity index (χ1) is 9.65. The van der Waals surface area contributed by atoms with Crippen LogP contribution in [0.15, 0.2) is 36.4 Å². The molecule has 0 radical (unpaired) electrons. The summed E-state index contributed by atoms with van der Waals surface area (Å²) in [6, 6.07) is 11.9. The van der Waals surface area contributed by atoms with Gasteiger partial charge in [0.05, 0.1) is 5.52 Å². The summed E-state index contributed by atoms with van der Waals surface area (Å²) in [4.78, 5) is 13.4. The number of hydrogen-bond acceptors (Lipinski definition) is 4. The Labute approximate surface area is 117 Å². The largest absolute Gasteiger partial charge is 0.384 e. The number of rotatable bonds is 2. The molecule has 0 amide bonds. The summed E-state index contributed by atoms with van der Waals surface area (Å²) in [7, 11) is 0. The number of hydrogen-bond donors (Lipinski definition) is 1. The smallest absolute Gasteiger partial charge is 0.161 e. The Morgan fingerprint density at radius 1 is 1.00 bits per heavy atom. The Bertz CT molecular complexity index is 781. The summed E-state index contributed by atoms with van der Waals surface area (Å²) in [5.74, 6) is 1.18. The topological polar surface area (TPSA) is 64.7 Å². The standard InChI is InChI=1S/C16H16N4/c1-3-13-9-15(17)20-16(19-13)12-6-7-14-11(8-12)5-4-10(2)18-14/h4-9H,3H2,1-2H3,(H2,17,19,20). The van der Waals surface area contributed by atoms with E-state index in [1.807, 2.05) is 31.2 Å². The van der Waals surface area contributed by atoms with Gasteiger partial charge in [0.2, 0.25) is 0 Å². The molecule has 100 valence electrons. The van der Waals surface area contributed by atoms with Crippen LogP contribution in [0.3, 0.4) is 0 Å². The Morgan fingerprint density at radius 3 is 2.65 bits per heavy atom. The van der Waals surface area contributed by atoms with Crippen LogP contribution in [-0.2, 0) is 6.42 Å². The summed E-state index contributed by atoms with van der Waals surface area (Å²) in [5, 5.41) is 1.08. The van der Waals surface area contributed by atoms with E-state index in [2.05, 4.69) is 34.0 Å². The van der Waals surface area contributed by atoms with Gasteiger partial charge in [0.1, 0.15) is 5.82 Å². The quantitative estimate of drug-likeness (QED) is 0.772. The van der Waals surface area contributed by atoms with Gasteiger partial charge >= 0.3 is 0 Å². The van der Waals surface area contributed by atoms with Crippen molar-refractivity contribution in [3.05, 3.63) is 47.8 Å². The molecule has 0 aliphatic rings. The third kappa shape index (κ3) is 2.32. The Balaban J connectivity index is 2.14. The first-order valence-corrected chi connectivity index (χ1v) is 6.67. The van der Waals surface area contributed by atoms with E-state index in [9.17, 15) is 0 Å². The predicted molar refractivity (Wildman–Crippen MR) is 81.3 cm³/mol. The molecule has 20 heavy (non-hydrogen) atoms. The zero-order chi connectivity index (χ0) is 14.1. The lowest BCUT2D eigenvalue weighted by atomic mass is 10.1. The molecule has 0 saturated heterocycles. The second-order valence-electron chi connectivity index (χ2n) is 4.82. The van der Waals surface area contributed by atoms with Crippen LogP contribution in [0, 0.1) is 6.92 Å². The highest BCUT2D eigenvalue weighted by molar-refractivity contribution is 5.83. The molecule has 0 bridgehead atoms. The highest BCUT2D eigenvalue weighted by atomic mass is 14.9. The van der Waals surface area contributed by atoms with E-state index in [4.69, 9.17) is 5.73 Å². The summed E-state index contributed by atoms with van der Waals surface area (Å²) in [5.41, 5.74) is 9.75. The third-order valence-electron chi connectivity index (χ3n) is 3.25. The molecule has 0 aliphatic carbocycles. The highest BCUT2D eigenvalue weighted by Crippen LogP contribution is 2.22. The molecule has 2 aromatic heterocycles. The number of aryl methyl sites for hydroxylation is 2. The number of fused-ring (bicyclic) bond motifs is 1. The van der Waals surface area contributed by atoms with Crippen molar-refractivity contribution in [2.45, 2.75) is 20.3 Å². The third-order valence-corrected chi connectivity index (χ3v) is 3.25. The maximum atomic E-state index is 5.84. The number of nitrogens with zero attached hydrogens (tertiary/aromatic N) is 3. The van der Waals surface area contributed by atoms with Crippen molar-refractivity contribution < 1.29 is 0 Å². The monoisotopic (exact) mass is 264 g/mol. The molecule has 0 spiro atoms. The van der Waals surface area contributed by atoms with Crippen molar-refractivity contribution in [3.8, 4) is 11.4 Å². The number of pyridine rings is 1. The lowest BCUT2D eigenvalue weighted by Gasteiger charge is -2.06. The van der Waals surface area contributed by atoms with Crippen molar-refractivity contribution in [1.29, 1.82) is 0 Å². The van der Waals surface area contributed by atoms with Crippen molar-refractivity contribution in [1.82, 2.24) is 15.0 Å². The molecule has 0 atom stereocenters. The zero-order valence-corrected chi connectivity index (χ0v) is 11.6. The maximum Gasteiger partial charge on any atom is 0.161 e. The average molecular weight is 264 g/mol. The first kappa shape index (κ1) is 12.5. The molecule has 3 rings (SSSR count). The van der Waals surface area contributed by atoms with Gasteiger partial charge in [-0.25, -0.2) is 9.97 Å². The highest BCUT2D eigenvalue weighted by Gasteiger charge is 2.06. The van der Waals surface area contributed by atoms with E-state index in [1.165, 1.54) is 0 Å². The van der Waals surface area contributed by atoms with E-state index in [0.29, 0.717) is 11.6 Å². The molecule has 0 aliphatic heterocycles. The van der Waals surface area contributed by atoms with E-state index in [1.54, 1.807) is 0 Å². The SMILES string of the molecule is CCc1cc(N)nc(-c2ccc3nc(C)ccc3c2)n1. The first-order valence-electron chi connectivity index (χ1n) is 6.67. The molecule has 0 fully saturated rings. The second kappa shape index (κ2) is 4.89. The summed E-state index contributed by atoms with van der Waals surface area (Å²) in [6.07, 6.45) is 0.841. The van der Waals surface area contributed by atoms with E-state index < -0.39 is 0 Å². The molecule has 0 saturated carbocycles. The average Bonchev–Trinajstić information content (AvgIpc) is 2.46. The molecular formula is C16H16N4. The van der Waals surface area contributed by atoms with Crippen LogP contribution in [0.1, 0.15) is 18.3 Å². The van der Waals surface area contributed by atoms with Crippen LogP contribution in [-0.4, -0.2) is 15.0 Å². The Kier molecular flexibility index (Phi) is 3.06. The number of benzene rings is 1. The molecule has 2 N–H and O–H groups in total. The summed E-state index contributed by atoms with van der Waals surface area (Å²) >= 11 is 0. The number of aromatic nitrogens is 3. The van der Waals surface area contributed by atoms with Gasteiger partial charge in [-0.2, -0.15) is 0 Å². The van der Waals surface area contributed by atoms with Gasteiger partial charge in [-0.1, -0.05) is 13.0 Å². The normalized spacial score (nSPS) is 10.9. The van der Waals surface area contributed by atoms with Crippen LogP contribution in [0.25, 0.3) is 22.3 Å². The fourth-order valence-electron chi connectivity index (χ4n) is 2.20. The Morgan fingerprint density at radius 2 is 1.85 bits per heavy atom. The number of anilines is 1. The molecule has 1 aromatic carbocycles. The Hall–Kier alpha value is -2.49. The van der Waals surface area contributed by atoms with Gasteiger partial charge in [-0.3, -0.25) is 4.98 Å².